The summed E-state index contributed by atoms with van der Waals surface area (Å²) in [5.74, 6) is 0.146. The average molecular weight is 786 g/mol. The maximum atomic E-state index is 13.2. The molecule has 2 atom stereocenters. The molecular formula is C41H43N11O6. The van der Waals surface area contributed by atoms with Crippen LogP contribution in [0.3, 0.4) is 0 Å². The molecule has 298 valence electrons. The van der Waals surface area contributed by atoms with E-state index in [2.05, 4.69) is 47.9 Å². The molecule has 58 heavy (non-hydrogen) atoms. The van der Waals surface area contributed by atoms with Crippen LogP contribution in [0.2, 0.25) is 0 Å². The Balaban J connectivity index is 0.884. The second kappa shape index (κ2) is 16.0. The van der Waals surface area contributed by atoms with E-state index in [4.69, 9.17) is 16.3 Å². The number of nitrogens with one attached hydrogen (secondary N) is 4. The minimum Gasteiger partial charge on any atom is -0.495 e. The van der Waals surface area contributed by atoms with Gasteiger partial charge in [0.25, 0.3) is 17.6 Å². The molecular weight excluding hydrogens is 743 g/mol. The third kappa shape index (κ3) is 7.05. The van der Waals surface area contributed by atoms with E-state index in [1.807, 2.05) is 4.57 Å². The van der Waals surface area contributed by atoms with Crippen LogP contribution in [0, 0.1) is 6.57 Å². The van der Waals surface area contributed by atoms with Gasteiger partial charge in [-0.3, -0.25) is 33.9 Å². The van der Waals surface area contributed by atoms with Crippen molar-refractivity contribution >= 4 is 58.5 Å². The predicted octanol–water partition coefficient (Wildman–Crippen LogP) is 5.09. The molecule has 17 heteroatoms. The van der Waals surface area contributed by atoms with E-state index in [0.29, 0.717) is 52.0 Å². The van der Waals surface area contributed by atoms with Crippen molar-refractivity contribution in [1.29, 1.82) is 0 Å². The predicted molar refractivity (Wildman–Crippen MR) is 212 cm³/mol. The van der Waals surface area contributed by atoms with E-state index in [1.54, 1.807) is 48.9 Å². The SMILES string of the molecule is [C-]#[N+]c1ncn2c1[C@@H](CC)N(C1CCCC1)c1nc(Nc3ccc(C(=O)NCCCC(=O)Nc4cccc5c4CN(C4CCC(=O)NC4=O)C5=O)cc3OC)ncc1-2. The van der Waals surface area contributed by atoms with Crippen LogP contribution in [0.4, 0.5) is 29.0 Å². The third-order valence-electron chi connectivity index (χ3n) is 11.3. The summed E-state index contributed by atoms with van der Waals surface area (Å²) in [6, 6.07) is 9.54. The Morgan fingerprint density at radius 3 is 2.66 bits per heavy atom. The standard InChI is InChI=1S/C41H43N11O6/c1-4-29-35-36(42-2)45-22-51(35)31-20-44-41(49-37(31)52(29)24-9-5-6-10-24)47-28-15-14-23(19-32(28)58-3)38(55)43-18-8-13-33(53)46-27-12-7-11-25-26(27)21-50(40(25)57)30-16-17-34(54)48-39(30)56/h7,11-12,14-15,19-20,22,24,29-30H,4-6,8-10,13,16-18,21H2,1,3H3,(H,43,55)(H,46,53)(H,44,47,49)(H,48,54,56)/t29-,30?/m1/s1. The highest BCUT2D eigenvalue weighted by molar-refractivity contribution is 6.07. The Kier molecular flexibility index (Phi) is 10.5. The highest BCUT2D eigenvalue weighted by Crippen LogP contribution is 2.46. The number of amides is 5. The lowest BCUT2D eigenvalue weighted by Crippen LogP contribution is -2.52. The number of benzene rings is 2. The van der Waals surface area contributed by atoms with Crippen molar-refractivity contribution in [2.24, 2.45) is 0 Å². The van der Waals surface area contributed by atoms with Gasteiger partial charge < -0.3 is 35.3 Å². The fraction of sp³-hybridized carbons (Fsp3) is 0.390. The quantitative estimate of drug-likeness (QED) is 0.0849. The van der Waals surface area contributed by atoms with Gasteiger partial charge in [0.2, 0.25) is 23.7 Å². The van der Waals surface area contributed by atoms with Crippen LogP contribution < -0.4 is 30.9 Å². The van der Waals surface area contributed by atoms with Crippen molar-refractivity contribution in [3.63, 3.8) is 0 Å². The van der Waals surface area contributed by atoms with E-state index in [1.165, 1.54) is 12.0 Å². The van der Waals surface area contributed by atoms with Crippen molar-refractivity contribution < 1.29 is 28.7 Å². The van der Waals surface area contributed by atoms with Crippen molar-refractivity contribution in [1.82, 2.24) is 35.1 Å². The number of hydrogen-bond acceptors (Lipinski definition) is 11. The maximum Gasteiger partial charge on any atom is 0.293 e. The molecule has 2 aromatic carbocycles. The molecule has 0 radical (unpaired) electrons. The maximum absolute atomic E-state index is 13.2. The van der Waals surface area contributed by atoms with Gasteiger partial charge >= 0.3 is 0 Å². The molecule has 2 fully saturated rings. The summed E-state index contributed by atoms with van der Waals surface area (Å²) < 4.78 is 7.60. The van der Waals surface area contributed by atoms with Gasteiger partial charge in [-0.25, -0.2) is 4.98 Å². The molecule has 1 saturated carbocycles. The second-order valence-corrected chi connectivity index (χ2v) is 14.8. The lowest BCUT2D eigenvalue weighted by atomic mass is 10.0. The minimum atomic E-state index is -0.753. The van der Waals surface area contributed by atoms with Crippen molar-refractivity contribution in [2.75, 3.05) is 29.2 Å². The van der Waals surface area contributed by atoms with Crippen LogP contribution in [0.1, 0.15) is 103 Å². The molecule has 17 nitrogen and oxygen atoms in total. The number of aromatic nitrogens is 4. The fourth-order valence-electron chi connectivity index (χ4n) is 8.53. The van der Waals surface area contributed by atoms with Crippen molar-refractivity contribution in [3.8, 4) is 11.4 Å². The molecule has 0 spiro atoms. The molecule has 2 aromatic heterocycles. The molecule has 3 aliphatic heterocycles. The molecule has 0 bridgehead atoms. The summed E-state index contributed by atoms with van der Waals surface area (Å²) >= 11 is 0. The van der Waals surface area contributed by atoms with Gasteiger partial charge in [0.05, 0.1) is 30.7 Å². The number of methoxy groups -OCH3 is 1. The Morgan fingerprint density at radius 2 is 1.90 bits per heavy atom. The van der Waals surface area contributed by atoms with Gasteiger partial charge in [-0.2, -0.15) is 4.98 Å². The summed E-state index contributed by atoms with van der Waals surface area (Å²) in [7, 11) is 1.52. The third-order valence-corrected chi connectivity index (χ3v) is 11.3. The zero-order chi connectivity index (χ0) is 40.5. The van der Waals surface area contributed by atoms with E-state index in [-0.39, 0.29) is 68.1 Å². The van der Waals surface area contributed by atoms with Gasteiger partial charge in [0, 0.05) is 54.4 Å². The zero-order valence-corrected chi connectivity index (χ0v) is 32.2. The average Bonchev–Trinajstić information content (AvgIpc) is 3.99. The number of anilines is 4. The van der Waals surface area contributed by atoms with Crippen molar-refractivity contribution in [2.45, 2.75) is 89.4 Å². The number of rotatable bonds is 12. The summed E-state index contributed by atoms with van der Waals surface area (Å²) in [5.41, 5.74) is 4.08. The normalized spacial score (nSPS) is 18.5. The number of nitrogens with zero attached hydrogens (tertiary/aromatic N) is 7. The summed E-state index contributed by atoms with van der Waals surface area (Å²) in [4.78, 5) is 84.8. The van der Waals surface area contributed by atoms with Crippen molar-refractivity contribution in [3.05, 3.63) is 82.7 Å². The second-order valence-electron chi connectivity index (χ2n) is 14.8. The Hall–Kier alpha value is -6.83. The summed E-state index contributed by atoms with van der Waals surface area (Å²) in [6.07, 6.45) is 9.44. The summed E-state index contributed by atoms with van der Waals surface area (Å²) in [5, 5.41) is 11.3. The number of hydrogen-bond donors (Lipinski definition) is 4. The molecule has 5 amide bonds. The smallest absolute Gasteiger partial charge is 0.293 e. The van der Waals surface area contributed by atoms with Crippen LogP contribution in [-0.2, 0) is 20.9 Å². The first-order chi connectivity index (χ1) is 28.2. The molecule has 1 aliphatic carbocycles. The number of imide groups is 1. The van der Waals surface area contributed by atoms with E-state index in [0.717, 1.165) is 49.3 Å². The van der Waals surface area contributed by atoms with Crippen LogP contribution in [0.25, 0.3) is 10.5 Å². The lowest BCUT2D eigenvalue weighted by Gasteiger charge is -2.42. The number of ether oxygens (including phenoxy) is 1. The van der Waals surface area contributed by atoms with Gasteiger partial charge in [-0.05, 0) is 62.4 Å². The first-order valence-electron chi connectivity index (χ1n) is 19.6. The zero-order valence-electron chi connectivity index (χ0n) is 32.2. The number of carbonyl (C=O) groups is 5. The topological polar surface area (TPSA) is 197 Å². The van der Waals surface area contributed by atoms with Gasteiger partial charge in [0.15, 0.2) is 12.1 Å². The van der Waals surface area contributed by atoms with Gasteiger partial charge in [0.1, 0.15) is 17.5 Å². The van der Waals surface area contributed by atoms with Crippen LogP contribution in [0.5, 0.6) is 5.75 Å². The monoisotopic (exact) mass is 785 g/mol. The number of imidazole rings is 1. The number of piperidine rings is 1. The minimum absolute atomic E-state index is 0.0527. The van der Waals surface area contributed by atoms with Crippen LogP contribution >= 0.6 is 0 Å². The molecule has 1 saturated heterocycles. The van der Waals surface area contributed by atoms with Crippen LogP contribution in [0.15, 0.2) is 48.9 Å². The van der Waals surface area contributed by atoms with E-state index < -0.39 is 11.9 Å². The Labute approximate surface area is 334 Å². The molecule has 1 unspecified atom stereocenters. The first kappa shape index (κ1) is 38.1. The highest BCUT2D eigenvalue weighted by Gasteiger charge is 2.41. The summed E-state index contributed by atoms with van der Waals surface area (Å²) in [6.45, 7) is 10.2. The number of fused-ring (bicyclic) bond motifs is 4. The van der Waals surface area contributed by atoms with Gasteiger partial charge in [-0.15, -0.1) is 4.98 Å². The molecule has 4 aromatic rings. The van der Waals surface area contributed by atoms with E-state index >= 15 is 0 Å². The number of carbonyl (C=O) groups excluding carboxylic acids is 5. The largest absolute Gasteiger partial charge is 0.495 e. The molecule has 8 rings (SSSR count). The van der Waals surface area contributed by atoms with E-state index in [9.17, 15) is 24.0 Å². The highest BCUT2D eigenvalue weighted by atomic mass is 16.5. The lowest BCUT2D eigenvalue weighted by molar-refractivity contribution is -0.137. The fourth-order valence-corrected chi connectivity index (χ4v) is 8.53. The Morgan fingerprint density at radius 1 is 1.07 bits per heavy atom. The Bertz CT molecular complexity index is 2360. The first-order valence-corrected chi connectivity index (χ1v) is 19.6. The van der Waals surface area contributed by atoms with Gasteiger partial charge in [-0.1, -0.05) is 32.4 Å². The van der Waals surface area contributed by atoms with Crippen LogP contribution in [-0.4, -0.2) is 79.7 Å². The molecule has 5 heterocycles. The molecule has 4 N–H and O–H groups in total. The molecule has 4 aliphatic rings.